The normalized spacial score (nSPS) is 16.9. The van der Waals surface area contributed by atoms with Crippen molar-refractivity contribution in [2.24, 2.45) is 5.92 Å². The lowest BCUT2D eigenvalue weighted by Gasteiger charge is -2.23. The van der Waals surface area contributed by atoms with Gasteiger partial charge in [0.25, 0.3) is 0 Å². The van der Waals surface area contributed by atoms with Gasteiger partial charge in [0.15, 0.2) is 0 Å². The molecule has 1 aromatic heterocycles. The molecule has 1 aliphatic heterocycles. The monoisotopic (exact) mass is 322 g/mol. The number of rotatable bonds is 6. The van der Waals surface area contributed by atoms with E-state index in [-0.39, 0.29) is 0 Å². The number of aryl methyl sites for hydroxylation is 1. The third kappa shape index (κ3) is 3.26. The predicted octanol–water partition coefficient (Wildman–Crippen LogP) is 2.66. The Balaban J connectivity index is 1.24. The van der Waals surface area contributed by atoms with E-state index in [1.807, 2.05) is 18.5 Å². The second-order valence-corrected chi connectivity index (χ2v) is 6.33. The SMILES string of the molecule is c1ccc2c(OCCNCC3CCc4nncn4C3)cccc2c1. The molecule has 1 atom stereocenters. The van der Waals surface area contributed by atoms with Crippen molar-refractivity contribution in [2.45, 2.75) is 19.4 Å². The topological polar surface area (TPSA) is 52.0 Å². The third-order valence-electron chi connectivity index (χ3n) is 4.65. The van der Waals surface area contributed by atoms with Crippen LogP contribution in [-0.4, -0.2) is 34.5 Å². The van der Waals surface area contributed by atoms with Gasteiger partial charge < -0.3 is 14.6 Å². The van der Waals surface area contributed by atoms with Crippen molar-refractivity contribution in [3.8, 4) is 5.75 Å². The Morgan fingerprint density at radius 3 is 3.08 bits per heavy atom. The number of nitrogens with one attached hydrogen (secondary N) is 1. The van der Waals surface area contributed by atoms with Gasteiger partial charge in [0.05, 0.1) is 0 Å². The molecule has 0 spiro atoms. The van der Waals surface area contributed by atoms with Gasteiger partial charge in [-0.2, -0.15) is 0 Å². The maximum atomic E-state index is 5.96. The number of hydrogen-bond acceptors (Lipinski definition) is 4. The molecule has 5 heteroatoms. The number of hydrogen-bond donors (Lipinski definition) is 1. The van der Waals surface area contributed by atoms with Crippen LogP contribution in [0.25, 0.3) is 10.8 Å². The summed E-state index contributed by atoms with van der Waals surface area (Å²) in [6.45, 7) is 3.56. The summed E-state index contributed by atoms with van der Waals surface area (Å²) in [5.41, 5.74) is 0. The van der Waals surface area contributed by atoms with Crippen LogP contribution >= 0.6 is 0 Å². The first-order valence-corrected chi connectivity index (χ1v) is 8.58. The van der Waals surface area contributed by atoms with Crippen LogP contribution in [0.4, 0.5) is 0 Å². The largest absolute Gasteiger partial charge is 0.492 e. The van der Waals surface area contributed by atoms with Gasteiger partial charge in [-0.3, -0.25) is 0 Å². The fraction of sp³-hybridized carbons (Fsp3) is 0.368. The van der Waals surface area contributed by atoms with Crippen LogP contribution < -0.4 is 10.1 Å². The molecule has 24 heavy (non-hydrogen) atoms. The molecule has 3 aromatic rings. The lowest BCUT2D eigenvalue weighted by atomic mass is 9.99. The summed E-state index contributed by atoms with van der Waals surface area (Å²) < 4.78 is 8.13. The summed E-state index contributed by atoms with van der Waals surface area (Å²) >= 11 is 0. The van der Waals surface area contributed by atoms with E-state index in [2.05, 4.69) is 50.4 Å². The molecule has 0 saturated carbocycles. The molecule has 2 heterocycles. The van der Waals surface area contributed by atoms with Crippen molar-refractivity contribution in [3.05, 3.63) is 54.6 Å². The average molecular weight is 322 g/mol. The highest BCUT2D eigenvalue weighted by molar-refractivity contribution is 5.88. The summed E-state index contributed by atoms with van der Waals surface area (Å²) in [7, 11) is 0. The zero-order chi connectivity index (χ0) is 16.2. The van der Waals surface area contributed by atoms with Crippen molar-refractivity contribution in [2.75, 3.05) is 19.7 Å². The van der Waals surface area contributed by atoms with Crippen LogP contribution in [0, 0.1) is 5.92 Å². The molecular weight excluding hydrogens is 300 g/mol. The molecule has 0 amide bonds. The van der Waals surface area contributed by atoms with Crippen molar-refractivity contribution in [1.82, 2.24) is 20.1 Å². The maximum absolute atomic E-state index is 5.96. The molecule has 4 rings (SSSR count). The smallest absolute Gasteiger partial charge is 0.132 e. The first-order valence-electron chi connectivity index (χ1n) is 8.58. The Hall–Kier alpha value is -2.40. The van der Waals surface area contributed by atoms with Crippen LogP contribution in [-0.2, 0) is 13.0 Å². The highest BCUT2D eigenvalue weighted by Gasteiger charge is 2.18. The molecule has 1 aliphatic rings. The van der Waals surface area contributed by atoms with Crippen molar-refractivity contribution >= 4 is 10.8 Å². The number of ether oxygens (including phenoxy) is 1. The molecule has 1 unspecified atom stereocenters. The van der Waals surface area contributed by atoms with Crippen molar-refractivity contribution in [3.63, 3.8) is 0 Å². The van der Waals surface area contributed by atoms with Gasteiger partial charge in [-0.15, -0.1) is 10.2 Å². The number of fused-ring (bicyclic) bond motifs is 2. The van der Waals surface area contributed by atoms with Gasteiger partial charge in [-0.05, 0) is 30.3 Å². The van der Waals surface area contributed by atoms with Gasteiger partial charge in [0.1, 0.15) is 24.5 Å². The standard InChI is InChI=1S/C19H22N4O/c1-2-6-17-16(4-1)5-3-7-18(17)24-11-10-20-12-15-8-9-19-22-21-14-23(19)13-15/h1-7,14-15,20H,8-13H2. The van der Waals surface area contributed by atoms with Gasteiger partial charge in [-0.1, -0.05) is 36.4 Å². The summed E-state index contributed by atoms with van der Waals surface area (Å²) in [4.78, 5) is 0. The lowest BCUT2D eigenvalue weighted by molar-refractivity contribution is 0.298. The highest BCUT2D eigenvalue weighted by Crippen LogP contribution is 2.24. The summed E-state index contributed by atoms with van der Waals surface area (Å²) in [6.07, 6.45) is 4.04. The molecule has 1 N–H and O–H groups in total. The van der Waals surface area contributed by atoms with E-state index in [0.717, 1.165) is 37.6 Å². The minimum atomic E-state index is 0.644. The van der Waals surface area contributed by atoms with Gasteiger partial charge in [-0.25, -0.2) is 0 Å². The van der Waals surface area contributed by atoms with Gasteiger partial charge >= 0.3 is 0 Å². The number of nitrogens with zero attached hydrogens (tertiary/aromatic N) is 3. The Morgan fingerprint density at radius 1 is 1.17 bits per heavy atom. The highest BCUT2D eigenvalue weighted by atomic mass is 16.5. The van der Waals surface area contributed by atoms with E-state index in [0.29, 0.717) is 12.5 Å². The fourth-order valence-electron chi connectivity index (χ4n) is 3.36. The molecule has 0 fully saturated rings. The molecule has 0 saturated heterocycles. The van der Waals surface area contributed by atoms with E-state index in [1.54, 1.807) is 0 Å². The van der Waals surface area contributed by atoms with Crippen LogP contribution in [0.5, 0.6) is 5.75 Å². The summed E-state index contributed by atoms with van der Waals surface area (Å²) in [6, 6.07) is 14.5. The van der Waals surface area contributed by atoms with E-state index in [4.69, 9.17) is 4.74 Å². The minimum absolute atomic E-state index is 0.644. The minimum Gasteiger partial charge on any atom is -0.492 e. The maximum Gasteiger partial charge on any atom is 0.132 e. The number of benzene rings is 2. The van der Waals surface area contributed by atoms with Crippen LogP contribution in [0.15, 0.2) is 48.8 Å². The first-order chi connectivity index (χ1) is 11.9. The van der Waals surface area contributed by atoms with E-state index >= 15 is 0 Å². The zero-order valence-electron chi connectivity index (χ0n) is 13.7. The predicted molar refractivity (Wildman–Crippen MR) is 94.1 cm³/mol. The third-order valence-corrected chi connectivity index (χ3v) is 4.65. The Morgan fingerprint density at radius 2 is 2.08 bits per heavy atom. The molecule has 124 valence electrons. The molecule has 2 aromatic carbocycles. The van der Waals surface area contributed by atoms with Crippen LogP contribution in [0.2, 0.25) is 0 Å². The van der Waals surface area contributed by atoms with Crippen molar-refractivity contribution < 1.29 is 4.74 Å². The zero-order valence-corrected chi connectivity index (χ0v) is 13.7. The molecular formula is C19H22N4O. The van der Waals surface area contributed by atoms with Crippen molar-refractivity contribution in [1.29, 1.82) is 0 Å². The second kappa shape index (κ2) is 7.01. The quantitative estimate of drug-likeness (QED) is 0.709. The van der Waals surface area contributed by atoms with E-state index < -0.39 is 0 Å². The van der Waals surface area contributed by atoms with Gasteiger partial charge in [0, 0.05) is 24.9 Å². The van der Waals surface area contributed by atoms with Gasteiger partial charge in [0.2, 0.25) is 0 Å². The van der Waals surface area contributed by atoms with Crippen LogP contribution in [0.3, 0.4) is 0 Å². The number of aromatic nitrogens is 3. The van der Waals surface area contributed by atoms with E-state index in [1.165, 1.54) is 17.2 Å². The first kappa shape index (κ1) is 15.1. The molecule has 0 bridgehead atoms. The molecule has 0 radical (unpaired) electrons. The Bertz CT molecular complexity index is 808. The molecule has 0 aliphatic carbocycles. The van der Waals surface area contributed by atoms with E-state index in [9.17, 15) is 0 Å². The Labute approximate surface area is 141 Å². The fourth-order valence-corrected chi connectivity index (χ4v) is 3.36. The van der Waals surface area contributed by atoms with Crippen LogP contribution in [0.1, 0.15) is 12.2 Å². The summed E-state index contributed by atoms with van der Waals surface area (Å²) in [5.74, 6) is 2.72. The second-order valence-electron chi connectivity index (χ2n) is 6.33. The summed E-state index contributed by atoms with van der Waals surface area (Å²) in [5, 5.41) is 14.0. The lowest BCUT2D eigenvalue weighted by Crippen LogP contribution is -2.32. The average Bonchev–Trinajstić information content (AvgIpc) is 3.09. The Kier molecular flexibility index (Phi) is 4.42. The molecule has 5 nitrogen and oxygen atoms in total.